The third-order valence-corrected chi connectivity index (χ3v) is 2.08. The first-order chi connectivity index (χ1) is 4.31. The van der Waals surface area contributed by atoms with Crippen LogP contribution in [0.1, 0.15) is 13.3 Å². The molecule has 0 spiro atoms. The van der Waals surface area contributed by atoms with Crippen LogP contribution >= 0.6 is 11.8 Å². The maximum absolute atomic E-state index is 5.09. The molecule has 0 fully saturated rings. The Balaban J connectivity index is 3.10. The molecule has 0 aromatic carbocycles. The van der Waals surface area contributed by atoms with Gasteiger partial charge in [0.2, 0.25) is 0 Å². The predicted octanol–water partition coefficient (Wildman–Crippen LogP) is 2.32. The van der Waals surface area contributed by atoms with Crippen molar-refractivity contribution in [2.45, 2.75) is 13.3 Å². The summed E-state index contributed by atoms with van der Waals surface area (Å²) in [6.07, 6.45) is 6.30. The zero-order valence-electron chi connectivity index (χ0n) is 5.81. The molecule has 0 radical (unpaired) electrons. The fourth-order valence-electron chi connectivity index (χ4n) is 0.381. The van der Waals surface area contributed by atoms with E-state index in [1.54, 1.807) is 0 Å². The van der Waals surface area contributed by atoms with E-state index in [1.165, 1.54) is 12.2 Å². The Morgan fingerprint density at radius 1 is 1.78 bits per heavy atom. The van der Waals surface area contributed by atoms with Gasteiger partial charge in [-0.05, 0) is 12.2 Å². The molecule has 0 aliphatic heterocycles. The Hall–Kier alpha value is -0.350. The van der Waals surface area contributed by atoms with Crippen LogP contribution in [0.4, 0.5) is 0 Å². The summed E-state index contributed by atoms with van der Waals surface area (Å²) in [6, 6.07) is 0. The van der Waals surface area contributed by atoms with Gasteiger partial charge in [-0.1, -0.05) is 19.4 Å². The van der Waals surface area contributed by atoms with E-state index >= 15 is 0 Å². The normalized spacial score (nSPS) is 8.44. The largest absolute Gasteiger partial charge is 0.157 e. The van der Waals surface area contributed by atoms with Crippen LogP contribution < -0.4 is 0 Å². The van der Waals surface area contributed by atoms with Gasteiger partial charge in [-0.2, -0.15) is 11.8 Å². The summed E-state index contributed by atoms with van der Waals surface area (Å²) >= 11 is 1.84. The Bertz CT molecular complexity index is 119. The second-order valence-corrected chi connectivity index (χ2v) is 2.91. The van der Waals surface area contributed by atoms with Crippen molar-refractivity contribution in [1.82, 2.24) is 0 Å². The van der Waals surface area contributed by atoms with Crippen LogP contribution in [0.3, 0.4) is 0 Å². The number of hydrogen-bond acceptors (Lipinski definition) is 1. The number of rotatable bonds is 4. The van der Waals surface area contributed by atoms with Gasteiger partial charge in [-0.15, -0.1) is 6.42 Å². The fourth-order valence-corrected chi connectivity index (χ4v) is 1.14. The first-order valence-corrected chi connectivity index (χ1v) is 4.18. The zero-order valence-corrected chi connectivity index (χ0v) is 6.63. The molecular formula is C8H12S. The van der Waals surface area contributed by atoms with Gasteiger partial charge < -0.3 is 0 Å². The maximum Gasteiger partial charge on any atom is 0.0258 e. The average molecular weight is 140 g/mol. The topological polar surface area (TPSA) is 0 Å². The van der Waals surface area contributed by atoms with Crippen molar-refractivity contribution in [3.63, 3.8) is 0 Å². The summed E-state index contributed by atoms with van der Waals surface area (Å²) in [7, 11) is 0. The van der Waals surface area contributed by atoms with Crippen molar-refractivity contribution in [1.29, 1.82) is 0 Å². The molecule has 0 unspecified atom stereocenters. The molecule has 0 atom stereocenters. The summed E-state index contributed by atoms with van der Waals surface area (Å²) in [5.74, 6) is 4.61. The summed E-state index contributed by atoms with van der Waals surface area (Å²) in [6.45, 7) is 5.85. The van der Waals surface area contributed by atoms with E-state index in [0.717, 1.165) is 11.3 Å². The smallest absolute Gasteiger partial charge is 0.0258 e. The van der Waals surface area contributed by atoms with Crippen molar-refractivity contribution < 1.29 is 0 Å². The van der Waals surface area contributed by atoms with Crippen LogP contribution in [-0.2, 0) is 0 Å². The molecule has 0 aromatic heterocycles. The monoisotopic (exact) mass is 140 g/mol. The Morgan fingerprint density at radius 3 is 2.89 bits per heavy atom. The minimum atomic E-state index is 0.897. The van der Waals surface area contributed by atoms with Gasteiger partial charge in [0.15, 0.2) is 0 Å². The van der Waals surface area contributed by atoms with E-state index in [1.807, 2.05) is 11.8 Å². The lowest BCUT2D eigenvalue weighted by Gasteiger charge is -1.94. The van der Waals surface area contributed by atoms with Crippen molar-refractivity contribution in [3.05, 3.63) is 12.2 Å². The highest BCUT2D eigenvalue weighted by Crippen LogP contribution is 2.05. The highest BCUT2D eigenvalue weighted by atomic mass is 32.2. The predicted molar refractivity (Wildman–Crippen MR) is 45.6 cm³/mol. The summed E-state index contributed by atoms with van der Waals surface area (Å²) in [4.78, 5) is 0. The molecular weight excluding hydrogens is 128 g/mol. The summed E-state index contributed by atoms with van der Waals surface area (Å²) in [5.41, 5.74) is 0.897. The highest BCUT2D eigenvalue weighted by molar-refractivity contribution is 7.99. The van der Waals surface area contributed by atoms with Crippen LogP contribution in [0, 0.1) is 12.3 Å². The van der Waals surface area contributed by atoms with Crippen LogP contribution in [-0.4, -0.2) is 11.5 Å². The quantitative estimate of drug-likeness (QED) is 0.426. The molecule has 0 aromatic rings. The molecule has 0 N–H and O–H groups in total. The van der Waals surface area contributed by atoms with Crippen LogP contribution in [0.25, 0.3) is 0 Å². The summed E-state index contributed by atoms with van der Waals surface area (Å²) in [5, 5.41) is 0. The van der Waals surface area contributed by atoms with Crippen molar-refractivity contribution in [2.24, 2.45) is 0 Å². The zero-order chi connectivity index (χ0) is 7.11. The molecule has 0 aliphatic rings. The maximum atomic E-state index is 5.09. The minimum Gasteiger partial charge on any atom is -0.157 e. The van der Waals surface area contributed by atoms with Gasteiger partial charge in [0.05, 0.1) is 0 Å². The van der Waals surface area contributed by atoms with Gasteiger partial charge in [0.1, 0.15) is 0 Å². The second kappa shape index (κ2) is 5.78. The lowest BCUT2D eigenvalue weighted by Crippen LogP contribution is -1.82. The molecule has 0 saturated heterocycles. The van der Waals surface area contributed by atoms with Crippen molar-refractivity contribution in [2.75, 3.05) is 11.5 Å². The molecule has 50 valence electrons. The Labute approximate surface area is 61.7 Å². The minimum absolute atomic E-state index is 0.897. The molecule has 1 heteroatoms. The molecule has 0 saturated carbocycles. The van der Waals surface area contributed by atoms with Gasteiger partial charge in [-0.3, -0.25) is 0 Å². The highest BCUT2D eigenvalue weighted by Gasteiger charge is 1.87. The first kappa shape index (κ1) is 8.65. The SMILES string of the molecule is C#CC(=C)CSCCC. The number of terminal acetylenes is 1. The van der Waals surface area contributed by atoms with Gasteiger partial charge >= 0.3 is 0 Å². The van der Waals surface area contributed by atoms with E-state index in [2.05, 4.69) is 19.4 Å². The third-order valence-electron chi connectivity index (χ3n) is 0.829. The van der Waals surface area contributed by atoms with E-state index in [4.69, 9.17) is 6.42 Å². The van der Waals surface area contributed by atoms with Crippen LogP contribution in [0.15, 0.2) is 12.2 Å². The molecule has 0 rings (SSSR count). The van der Waals surface area contributed by atoms with E-state index in [0.29, 0.717) is 0 Å². The lowest BCUT2D eigenvalue weighted by molar-refractivity contribution is 1.11. The fraction of sp³-hybridized carbons (Fsp3) is 0.500. The average Bonchev–Trinajstić information content (AvgIpc) is 1.89. The lowest BCUT2D eigenvalue weighted by atomic mass is 10.4. The first-order valence-electron chi connectivity index (χ1n) is 3.03. The molecule has 0 aliphatic carbocycles. The third kappa shape index (κ3) is 5.52. The molecule has 0 amide bonds. The molecule has 0 heterocycles. The van der Waals surface area contributed by atoms with Gasteiger partial charge in [0, 0.05) is 11.3 Å². The van der Waals surface area contributed by atoms with Gasteiger partial charge in [0.25, 0.3) is 0 Å². The van der Waals surface area contributed by atoms with Crippen LogP contribution in [0.5, 0.6) is 0 Å². The van der Waals surface area contributed by atoms with E-state index in [-0.39, 0.29) is 0 Å². The molecule has 9 heavy (non-hydrogen) atoms. The van der Waals surface area contributed by atoms with Crippen LogP contribution in [0.2, 0.25) is 0 Å². The molecule has 0 nitrogen and oxygen atoms in total. The van der Waals surface area contributed by atoms with Crippen molar-refractivity contribution >= 4 is 11.8 Å². The van der Waals surface area contributed by atoms with Crippen molar-refractivity contribution in [3.8, 4) is 12.3 Å². The van der Waals surface area contributed by atoms with E-state index in [9.17, 15) is 0 Å². The number of thioether (sulfide) groups is 1. The second-order valence-electron chi connectivity index (χ2n) is 1.80. The van der Waals surface area contributed by atoms with E-state index < -0.39 is 0 Å². The number of hydrogen-bond donors (Lipinski definition) is 0. The summed E-state index contributed by atoms with van der Waals surface area (Å²) < 4.78 is 0. The molecule has 0 bridgehead atoms. The standard InChI is InChI=1S/C8H12S/c1-4-6-9-7-8(3)5-2/h2H,3-4,6-7H2,1H3. The Morgan fingerprint density at radius 2 is 2.44 bits per heavy atom. The van der Waals surface area contributed by atoms with Gasteiger partial charge in [-0.25, -0.2) is 0 Å². The Kier molecular flexibility index (Phi) is 5.56.